The van der Waals surface area contributed by atoms with Crippen LogP contribution < -0.4 is 5.32 Å². The monoisotopic (exact) mass is 239 g/mol. The third-order valence-electron chi connectivity index (χ3n) is 1.81. The summed E-state index contributed by atoms with van der Waals surface area (Å²) in [5.41, 5.74) is 0. The van der Waals surface area contributed by atoms with E-state index in [-0.39, 0.29) is 13.0 Å². The summed E-state index contributed by atoms with van der Waals surface area (Å²) in [6, 6.07) is 3.17. The molecule has 0 saturated carbocycles. The molecule has 0 saturated heterocycles. The zero-order valence-corrected chi connectivity index (χ0v) is 8.05. The minimum absolute atomic E-state index is 0.165. The number of carbonyl (C=O) groups excluding carboxylic acids is 1. The maximum atomic E-state index is 12.4. The van der Waals surface area contributed by atoms with Crippen molar-refractivity contribution in [2.45, 2.75) is 18.8 Å². The smallest absolute Gasteiger partial charge is 0.383 e. The first-order valence-corrected chi connectivity index (χ1v) is 4.41. The van der Waals surface area contributed by atoms with E-state index >= 15 is 0 Å². The van der Waals surface area contributed by atoms with Crippen LogP contribution >= 0.6 is 0 Å². The zero-order chi connectivity index (χ0) is 12.2. The van der Waals surface area contributed by atoms with Gasteiger partial charge in [-0.15, -0.1) is 0 Å². The molecule has 0 aromatic carbocycles. The van der Waals surface area contributed by atoms with Gasteiger partial charge in [-0.2, -0.15) is 8.78 Å². The molecule has 1 heterocycles. The summed E-state index contributed by atoms with van der Waals surface area (Å²) in [6.45, 7) is -0.186. The first-order valence-electron chi connectivity index (χ1n) is 4.41. The van der Waals surface area contributed by atoms with Gasteiger partial charge in [0.2, 0.25) is 0 Å². The molecule has 16 heavy (non-hydrogen) atoms. The highest BCUT2D eigenvalue weighted by Crippen LogP contribution is 2.22. The predicted octanol–water partition coefficient (Wildman–Crippen LogP) is 1.84. The Bertz CT molecular complexity index is 337. The molecule has 1 aromatic heterocycles. The second kappa shape index (κ2) is 5.00. The van der Waals surface area contributed by atoms with E-state index < -0.39 is 18.3 Å². The lowest BCUT2D eigenvalue weighted by molar-refractivity contribution is -0.169. The van der Waals surface area contributed by atoms with Gasteiger partial charge in [0.1, 0.15) is 5.76 Å². The number of amides is 1. The summed E-state index contributed by atoms with van der Waals surface area (Å²) in [5, 5.41) is 1.71. The van der Waals surface area contributed by atoms with Crippen molar-refractivity contribution in [1.29, 1.82) is 0 Å². The molecule has 7 heteroatoms. The van der Waals surface area contributed by atoms with Gasteiger partial charge >= 0.3 is 12.3 Å². The Hall–Kier alpha value is -1.53. The fourth-order valence-electron chi connectivity index (χ4n) is 0.971. The van der Waals surface area contributed by atoms with E-state index in [0.29, 0.717) is 5.76 Å². The molecule has 1 N–H and O–H groups in total. The molecule has 90 valence electrons. The van der Waals surface area contributed by atoms with E-state index in [9.17, 15) is 22.4 Å². The van der Waals surface area contributed by atoms with Crippen molar-refractivity contribution in [2.24, 2.45) is 0 Å². The lowest BCUT2D eigenvalue weighted by Gasteiger charge is -2.14. The van der Waals surface area contributed by atoms with Crippen LogP contribution in [0, 0.1) is 0 Å². The average Bonchev–Trinajstić information content (AvgIpc) is 2.70. The number of carbonyl (C=O) groups is 1. The third kappa shape index (κ3) is 2.98. The fraction of sp³-hybridized carbons (Fsp3) is 0.444. The molecular formula is C9H9F4NO2. The van der Waals surface area contributed by atoms with Crippen molar-refractivity contribution in [2.75, 3.05) is 6.54 Å². The Labute approximate surface area is 88.4 Å². The van der Waals surface area contributed by atoms with Crippen LogP contribution in [0.3, 0.4) is 0 Å². The molecule has 0 bridgehead atoms. The maximum absolute atomic E-state index is 12.4. The van der Waals surface area contributed by atoms with Crippen molar-refractivity contribution >= 4 is 5.91 Å². The van der Waals surface area contributed by atoms with Gasteiger partial charge in [-0.05, 0) is 12.1 Å². The Morgan fingerprint density at radius 2 is 2.19 bits per heavy atom. The van der Waals surface area contributed by atoms with E-state index in [0.717, 1.165) is 0 Å². The van der Waals surface area contributed by atoms with Crippen LogP contribution in [0.2, 0.25) is 0 Å². The Kier molecular flexibility index (Phi) is 3.92. The summed E-state index contributed by atoms with van der Waals surface area (Å²) in [4.78, 5) is 10.7. The van der Waals surface area contributed by atoms with Crippen molar-refractivity contribution in [3.63, 3.8) is 0 Å². The number of furan rings is 1. The first kappa shape index (κ1) is 12.5. The summed E-state index contributed by atoms with van der Waals surface area (Å²) >= 11 is 0. The minimum atomic E-state index is -4.65. The molecule has 1 amide bonds. The molecule has 0 atom stereocenters. The average molecular weight is 239 g/mol. The molecule has 1 aromatic rings. The van der Waals surface area contributed by atoms with Gasteiger partial charge < -0.3 is 9.73 Å². The fourth-order valence-corrected chi connectivity index (χ4v) is 0.971. The van der Waals surface area contributed by atoms with Crippen molar-refractivity contribution in [3.05, 3.63) is 24.2 Å². The largest absolute Gasteiger partial charge is 0.469 e. The van der Waals surface area contributed by atoms with E-state index in [1.54, 1.807) is 17.4 Å². The number of nitrogens with one attached hydrogen (secondary N) is 1. The highest BCUT2D eigenvalue weighted by Gasteiger charge is 2.48. The quantitative estimate of drug-likeness (QED) is 0.796. The van der Waals surface area contributed by atoms with E-state index in [2.05, 4.69) is 0 Å². The van der Waals surface area contributed by atoms with Crippen LogP contribution in [0.4, 0.5) is 17.6 Å². The summed E-state index contributed by atoms with van der Waals surface area (Å²) < 4.78 is 53.2. The topological polar surface area (TPSA) is 42.2 Å². The molecule has 3 nitrogen and oxygen atoms in total. The van der Waals surface area contributed by atoms with Crippen LogP contribution in [-0.2, 0) is 11.2 Å². The second-order valence-corrected chi connectivity index (χ2v) is 3.01. The molecule has 1 rings (SSSR count). The summed E-state index contributed by atoms with van der Waals surface area (Å²) in [6.07, 6.45) is -2.46. The maximum Gasteiger partial charge on any atom is 0.383 e. The Morgan fingerprint density at radius 1 is 1.50 bits per heavy atom. The van der Waals surface area contributed by atoms with E-state index in [1.807, 2.05) is 0 Å². The highest BCUT2D eigenvalue weighted by molar-refractivity contribution is 5.83. The summed E-state index contributed by atoms with van der Waals surface area (Å²) in [5.74, 6) is -6.15. The molecule has 0 fully saturated rings. The molecule has 0 radical (unpaired) electrons. The molecular weight excluding hydrogens is 230 g/mol. The Morgan fingerprint density at radius 3 is 2.69 bits per heavy atom. The zero-order valence-electron chi connectivity index (χ0n) is 8.05. The van der Waals surface area contributed by atoms with Crippen molar-refractivity contribution in [3.8, 4) is 0 Å². The van der Waals surface area contributed by atoms with Gasteiger partial charge in [-0.1, -0.05) is 0 Å². The van der Waals surface area contributed by atoms with E-state index in [4.69, 9.17) is 4.42 Å². The summed E-state index contributed by atoms with van der Waals surface area (Å²) in [7, 11) is 0. The van der Waals surface area contributed by atoms with Crippen molar-refractivity contribution < 1.29 is 26.8 Å². The lowest BCUT2D eigenvalue weighted by atomic mass is 10.3. The molecule has 0 aliphatic carbocycles. The van der Waals surface area contributed by atoms with Gasteiger partial charge in [0, 0.05) is 13.0 Å². The van der Waals surface area contributed by atoms with Crippen LogP contribution in [-0.4, -0.2) is 24.8 Å². The van der Waals surface area contributed by atoms with Gasteiger partial charge in [-0.3, -0.25) is 4.79 Å². The van der Waals surface area contributed by atoms with Crippen molar-refractivity contribution in [1.82, 2.24) is 5.32 Å². The predicted molar refractivity (Wildman–Crippen MR) is 46.4 cm³/mol. The van der Waals surface area contributed by atoms with Gasteiger partial charge in [0.25, 0.3) is 5.91 Å². The SMILES string of the molecule is O=C(NCCc1ccco1)C(F)(F)C(F)F. The van der Waals surface area contributed by atoms with Crippen LogP contribution in [0.5, 0.6) is 0 Å². The number of rotatable bonds is 5. The van der Waals surface area contributed by atoms with Gasteiger partial charge in [-0.25, -0.2) is 8.78 Å². The number of hydrogen-bond donors (Lipinski definition) is 1. The molecule has 0 aliphatic rings. The van der Waals surface area contributed by atoms with E-state index in [1.165, 1.54) is 6.26 Å². The molecule has 0 aliphatic heterocycles. The molecule has 0 unspecified atom stereocenters. The van der Waals surface area contributed by atoms with Gasteiger partial charge in [0.15, 0.2) is 0 Å². The first-order chi connectivity index (χ1) is 7.44. The third-order valence-corrected chi connectivity index (χ3v) is 1.81. The number of alkyl halides is 4. The lowest BCUT2D eigenvalue weighted by Crippen LogP contribution is -2.45. The van der Waals surface area contributed by atoms with Crippen LogP contribution in [0.1, 0.15) is 5.76 Å². The number of halogens is 4. The highest BCUT2D eigenvalue weighted by atomic mass is 19.3. The van der Waals surface area contributed by atoms with Gasteiger partial charge in [0.05, 0.1) is 6.26 Å². The normalized spacial score (nSPS) is 11.8. The minimum Gasteiger partial charge on any atom is -0.469 e. The molecule has 0 spiro atoms. The van der Waals surface area contributed by atoms with Crippen LogP contribution in [0.25, 0.3) is 0 Å². The number of hydrogen-bond acceptors (Lipinski definition) is 2. The second-order valence-electron chi connectivity index (χ2n) is 3.01. The standard InChI is InChI=1S/C9H9F4NO2/c10-7(11)9(12,13)8(15)14-4-3-6-2-1-5-16-6/h1-2,5,7H,3-4H2,(H,14,15). The van der Waals surface area contributed by atoms with Crippen LogP contribution in [0.15, 0.2) is 22.8 Å². The Balaban J connectivity index is 2.36.